The smallest absolute Gasteiger partial charge is 0.118 e. The molecule has 0 saturated carbocycles. The monoisotopic (exact) mass is 241 g/mol. The van der Waals surface area contributed by atoms with Gasteiger partial charge in [-0.05, 0) is 48.8 Å². The van der Waals surface area contributed by atoms with Crippen molar-refractivity contribution in [1.82, 2.24) is 5.32 Å². The standard InChI is InChI=1S/C16H19NO/c1-17-11-10-13-4-3-5-15(12-13)14-6-8-16(18-2)9-7-14/h3-9,12,17H,10-11H2,1-2H3. The molecule has 2 aromatic carbocycles. The number of rotatable bonds is 5. The number of methoxy groups -OCH3 is 1. The third-order valence-corrected chi connectivity index (χ3v) is 3.01. The maximum Gasteiger partial charge on any atom is 0.118 e. The molecule has 0 spiro atoms. The van der Waals surface area contributed by atoms with Crippen LogP contribution in [0, 0.1) is 0 Å². The zero-order valence-corrected chi connectivity index (χ0v) is 10.9. The molecular weight excluding hydrogens is 222 g/mol. The highest BCUT2D eigenvalue weighted by molar-refractivity contribution is 5.64. The van der Waals surface area contributed by atoms with Gasteiger partial charge in [0.05, 0.1) is 7.11 Å². The number of nitrogens with one attached hydrogen (secondary N) is 1. The third kappa shape index (κ3) is 3.11. The fourth-order valence-electron chi connectivity index (χ4n) is 1.96. The van der Waals surface area contributed by atoms with Crippen LogP contribution in [0.2, 0.25) is 0 Å². The van der Waals surface area contributed by atoms with Crippen LogP contribution in [-0.2, 0) is 6.42 Å². The SMILES string of the molecule is CNCCc1cccc(-c2ccc(OC)cc2)c1. The Balaban J connectivity index is 2.20. The third-order valence-electron chi connectivity index (χ3n) is 3.01. The lowest BCUT2D eigenvalue weighted by Crippen LogP contribution is -2.10. The van der Waals surface area contributed by atoms with E-state index in [-0.39, 0.29) is 0 Å². The van der Waals surface area contributed by atoms with Gasteiger partial charge in [-0.25, -0.2) is 0 Å². The second kappa shape index (κ2) is 6.22. The summed E-state index contributed by atoms with van der Waals surface area (Å²) in [6.07, 6.45) is 1.06. The van der Waals surface area contributed by atoms with E-state index in [4.69, 9.17) is 4.74 Å². The normalized spacial score (nSPS) is 10.3. The van der Waals surface area contributed by atoms with Gasteiger partial charge in [-0.3, -0.25) is 0 Å². The molecule has 0 heterocycles. The minimum absolute atomic E-state index is 0.894. The lowest BCUT2D eigenvalue weighted by Gasteiger charge is -2.06. The first kappa shape index (κ1) is 12.7. The van der Waals surface area contributed by atoms with E-state index in [9.17, 15) is 0 Å². The average molecular weight is 241 g/mol. The van der Waals surface area contributed by atoms with Crippen LogP contribution in [0.3, 0.4) is 0 Å². The second-order valence-electron chi connectivity index (χ2n) is 4.28. The molecule has 0 bridgehead atoms. The molecular formula is C16H19NO. The van der Waals surface area contributed by atoms with Crippen molar-refractivity contribution < 1.29 is 4.74 Å². The Bertz CT molecular complexity index is 491. The molecule has 0 aliphatic heterocycles. The molecule has 2 aromatic rings. The highest BCUT2D eigenvalue weighted by atomic mass is 16.5. The Morgan fingerprint density at radius 1 is 1.00 bits per heavy atom. The number of hydrogen-bond donors (Lipinski definition) is 1. The molecule has 0 fully saturated rings. The molecule has 1 N–H and O–H groups in total. The van der Waals surface area contributed by atoms with Gasteiger partial charge in [0.2, 0.25) is 0 Å². The number of likely N-dealkylation sites (N-methyl/N-ethyl adjacent to an activating group) is 1. The predicted molar refractivity (Wildman–Crippen MR) is 76.1 cm³/mol. The molecule has 0 atom stereocenters. The quantitative estimate of drug-likeness (QED) is 0.868. The molecule has 2 nitrogen and oxygen atoms in total. The van der Waals surface area contributed by atoms with E-state index in [2.05, 4.69) is 41.7 Å². The van der Waals surface area contributed by atoms with E-state index in [0.29, 0.717) is 0 Å². The van der Waals surface area contributed by atoms with E-state index in [0.717, 1.165) is 18.7 Å². The first-order valence-electron chi connectivity index (χ1n) is 6.21. The molecule has 0 saturated heterocycles. The summed E-state index contributed by atoms with van der Waals surface area (Å²) in [6.45, 7) is 1.01. The van der Waals surface area contributed by atoms with Crippen LogP contribution in [0.1, 0.15) is 5.56 Å². The summed E-state index contributed by atoms with van der Waals surface area (Å²) >= 11 is 0. The summed E-state index contributed by atoms with van der Waals surface area (Å²) < 4.78 is 5.17. The molecule has 0 aromatic heterocycles. The zero-order chi connectivity index (χ0) is 12.8. The first-order valence-corrected chi connectivity index (χ1v) is 6.21. The van der Waals surface area contributed by atoms with Crippen LogP contribution in [0.25, 0.3) is 11.1 Å². The van der Waals surface area contributed by atoms with Gasteiger partial charge < -0.3 is 10.1 Å². The molecule has 0 amide bonds. The van der Waals surface area contributed by atoms with Gasteiger partial charge in [-0.1, -0.05) is 36.4 Å². The van der Waals surface area contributed by atoms with E-state index >= 15 is 0 Å². The molecule has 18 heavy (non-hydrogen) atoms. The average Bonchev–Trinajstić information content (AvgIpc) is 2.45. The molecule has 0 aliphatic carbocycles. The van der Waals surface area contributed by atoms with Crippen LogP contribution < -0.4 is 10.1 Å². The van der Waals surface area contributed by atoms with Gasteiger partial charge in [0.1, 0.15) is 5.75 Å². The second-order valence-corrected chi connectivity index (χ2v) is 4.28. The van der Waals surface area contributed by atoms with Crippen LogP contribution >= 0.6 is 0 Å². The van der Waals surface area contributed by atoms with E-state index in [1.807, 2.05) is 19.2 Å². The van der Waals surface area contributed by atoms with Crippen LogP contribution in [-0.4, -0.2) is 20.7 Å². The summed E-state index contributed by atoms with van der Waals surface area (Å²) in [7, 11) is 3.67. The predicted octanol–water partition coefficient (Wildman–Crippen LogP) is 3.12. The number of ether oxygens (including phenoxy) is 1. The Morgan fingerprint density at radius 3 is 2.44 bits per heavy atom. The van der Waals surface area contributed by atoms with Crippen molar-refractivity contribution in [2.75, 3.05) is 20.7 Å². The molecule has 0 aliphatic rings. The minimum Gasteiger partial charge on any atom is -0.497 e. The van der Waals surface area contributed by atoms with Crippen molar-refractivity contribution in [3.63, 3.8) is 0 Å². The minimum atomic E-state index is 0.894. The van der Waals surface area contributed by atoms with E-state index in [1.54, 1.807) is 7.11 Å². The summed E-state index contributed by atoms with van der Waals surface area (Å²) in [5, 5.41) is 3.17. The van der Waals surface area contributed by atoms with Crippen molar-refractivity contribution in [2.45, 2.75) is 6.42 Å². The molecule has 0 radical (unpaired) electrons. The van der Waals surface area contributed by atoms with Crippen molar-refractivity contribution >= 4 is 0 Å². The molecule has 0 unspecified atom stereocenters. The number of benzene rings is 2. The Kier molecular flexibility index (Phi) is 4.37. The summed E-state index contributed by atoms with van der Waals surface area (Å²) in [4.78, 5) is 0. The lowest BCUT2D eigenvalue weighted by molar-refractivity contribution is 0.415. The summed E-state index contributed by atoms with van der Waals surface area (Å²) in [5.41, 5.74) is 3.84. The largest absolute Gasteiger partial charge is 0.497 e. The topological polar surface area (TPSA) is 21.3 Å². The van der Waals surface area contributed by atoms with Crippen LogP contribution in [0.5, 0.6) is 5.75 Å². The van der Waals surface area contributed by atoms with Crippen LogP contribution in [0.4, 0.5) is 0 Å². The van der Waals surface area contributed by atoms with Crippen molar-refractivity contribution in [1.29, 1.82) is 0 Å². The highest BCUT2D eigenvalue weighted by Crippen LogP contribution is 2.23. The maximum absolute atomic E-state index is 5.17. The summed E-state index contributed by atoms with van der Waals surface area (Å²) in [5.74, 6) is 0.894. The molecule has 2 heteroatoms. The van der Waals surface area contributed by atoms with Gasteiger partial charge in [0.15, 0.2) is 0 Å². The Morgan fingerprint density at radius 2 is 1.78 bits per heavy atom. The summed E-state index contributed by atoms with van der Waals surface area (Å²) in [6, 6.07) is 16.9. The van der Waals surface area contributed by atoms with Gasteiger partial charge in [0.25, 0.3) is 0 Å². The Labute approximate surface area is 109 Å². The van der Waals surface area contributed by atoms with Crippen molar-refractivity contribution in [3.8, 4) is 16.9 Å². The van der Waals surface area contributed by atoms with Gasteiger partial charge >= 0.3 is 0 Å². The van der Waals surface area contributed by atoms with Crippen molar-refractivity contribution in [2.24, 2.45) is 0 Å². The zero-order valence-electron chi connectivity index (χ0n) is 10.9. The first-order chi connectivity index (χ1) is 8.83. The molecule has 2 rings (SSSR count). The van der Waals surface area contributed by atoms with E-state index in [1.165, 1.54) is 16.7 Å². The number of hydrogen-bond acceptors (Lipinski definition) is 2. The molecule has 94 valence electrons. The highest BCUT2D eigenvalue weighted by Gasteiger charge is 2.00. The Hall–Kier alpha value is -1.80. The fourth-order valence-corrected chi connectivity index (χ4v) is 1.96. The van der Waals surface area contributed by atoms with Gasteiger partial charge in [0, 0.05) is 0 Å². The maximum atomic E-state index is 5.17. The fraction of sp³-hybridized carbons (Fsp3) is 0.250. The van der Waals surface area contributed by atoms with Crippen LogP contribution in [0.15, 0.2) is 48.5 Å². The van der Waals surface area contributed by atoms with Crippen molar-refractivity contribution in [3.05, 3.63) is 54.1 Å². The lowest BCUT2D eigenvalue weighted by atomic mass is 10.0. The van der Waals surface area contributed by atoms with E-state index < -0.39 is 0 Å². The van der Waals surface area contributed by atoms with Gasteiger partial charge in [-0.15, -0.1) is 0 Å². The van der Waals surface area contributed by atoms with Gasteiger partial charge in [-0.2, -0.15) is 0 Å².